The van der Waals surface area contributed by atoms with Gasteiger partial charge >= 0.3 is 5.97 Å². The van der Waals surface area contributed by atoms with Crippen LogP contribution in [0.4, 0.5) is 0 Å². The van der Waals surface area contributed by atoms with Gasteiger partial charge in [0.15, 0.2) is 0 Å². The molecule has 1 aromatic rings. The first-order chi connectivity index (χ1) is 8.22. The monoisotopic (exact) mass is 233 g/mol. The van der Waals surface area contributed by atoms with Crippen LogP contribution in [0.2, 0.25) is 0 Å². The molecule has 2 rings (SSSR count). The third kappa shape index (κ3) is 2.67. The molecule has 92 valence electrons. The highest BCUT2D eigenvalue weighted by Gasteiger charge is 2.34. The number of carbonyl (C=O) groups excluding carboxylic acids is 1. The van der Waals surface area contributed by atoms with Crippen molar-refractivity contribution in [2.75, 3.05) is 27.2 Å². The van der Waals surface area contributed by atoms with Gasteiger partial charge in [-0.05, 0) is 25.6 Å². The molecule has 0 aromatic heterocycles. The molecular weight excluding hydrogens is 214 g/mol. The molecule has 17 heavy (non-hydrogen) atoms. The fourth-order valence-corrected chi connectivity index (χ4v) is 2.59. The summed E-state index contributed by atoms with van der Waals surface area (Å²) in [4.78, 5) is 14.1. The Bertz CT molecular complexity index is 377. The summed E-state index contributed by atoms with van der Waals surface area (Å²) in [5, 5.41) is 0. The van der Waals surface area contributed by atoms with E-state index in [0.29, 0.717) is 0 Å². The minimum absolute atomic E-state index is 0.00130. The number of piperidine rings is 1. The van der Waals surface area contributed by atoms with Gasteiger partial charge in [-0.1, -0.05) is 30.3 Å². The van der Waals surface area contributed by atoms with Gasteiger partial charge in [-0.15, -0.1) is 0 Å². The van der Waals surface area contributed by atoms with Crippen LogP contribution in [0.3, 0.4) is 0 Å². The van der Waals surface area contributed by atoms with E-state index in [4.69, 9.17) is 4.74 Å². The number of esters is 1. The second-order valence-corrected chi connectivity index (χ2v) is 4.70. The lowest BCUT2D eigenvalue weighted by Crippen LogP contribution is -2.40. The van der Waals surface area contributed by atoms with Gasteiger partial charge in [0.25, 0.3) is 0 Å². The predicted octanol–water partition coefficient (Wildman–Crippen LogP) is 1.89. The zero-order valence-electron chi connectivity index (χ0n) is 10.4. The maximum Gasteiger partial charge on any atom is 0.309 e. The molecule has 1 aliphatic heterocycles. The number of methoxy groups -OCH3 is 1. The predicted molar refractivity (Wildman–Crippen MR) is 66.8 cm³/mol. The number of likely N-dealkylation sites (tertiary alicyclic amines) is 1. The molecule has 0 radical (unpaired) electrons. The van der Waals surface area contributed by atoms with Crippen molar-refractivity contribution in [3.63, 3.8) is 0 Å². The summed E-state index contributed by atoms with van der Waals surface area (Å²) in [5.41, 5.74) is 1.23. The normalized spacial score (nSPS) is 25.5. The lowest BCUT2D eigenvalue weighted by Gasteiger charge is -2.35. The van der Waals surface area contributed by atoms with Crippen molar-refractivity contribution >= 4 is 5.97 Å². The van der Waals surface area contributed by atoms with Crippen molar-refractivity contribution in [1.29, 1.82) is 0 Å². The smallest absolute Gasteiger partial charge is 0.309 e. The fraction of sp³-hybridized carbons (Fsp3) is 0.500. The molecule has 0 saturated carbocycles. The van der Waals surface area contributed by atoms with Gasteiger partial charge in [-0.25, -0.2) is 0 Å². The van der Waals surface area contributed by atoms with Crippen LogP contribution < -0.4 is 0 Å². The largest absolute Gasteiger partial charge is 0.469 e. The highest BCUT2D eigenvalue weighted by atomic mass is 16.5. The van der Waals surface area contributed by atoms with Crippen LogP contribution in [0.15, 0.2) is 30.3 Å². The summed E-state index contributed by atoms with van der Waals surface area (Å²) < 4.78 is 4.92. The van der Waals surface area contributed by atoms with E-state index in [1.165, 1.54) is 12.7 Å². The summed E-state index contributed by atoms with van der Waals surface area (Å²) in [6.07, 6.45) is 0.878. The van der Waals surface area contributed by atoms with Gasteiger partial charge in [-0.3, -0.25) is 4.79 Å². The molecular formula is C14H19NO2. The fourth-order valence-electron chi connectivity index (χ4n) is 2.59. The number of nitrogens with zero attached hydrogens (tertiary/aromatic N) is 1. The van der Waals surface area contributed by atoms with E-state index in [0.717, 1.165) is 19.5 Å². The molecule has 1 fully saturated rings. The average Bonchev–Trinajstić information content (AvgIpc) is 2.39. The van der Waals surface area contributed by atoms with Crippen LogP contribution in [0.5, 0.6) is 0 Å². The van der Waals surface area contributed by atoms with Crippen molar-refractivity contribution in [1.82, 2.24) is 4.90 Å². The highest BCUT2D eigenvalue weighted by molar-refractivity contribution is 5.73. The minimum atomic E-state index is -0.0769. The van der Waals surface area contributed by atoms with E-state index < -0.39 is 0 Å². The third-order valence-electron chi connectivity index (χ3n) is 3.55. The lowest BCUT2D eigenvalue weighted by molar-refractivity contribution is -0.147. The van der Waals surface area contributed by atoms with Crippen LogP contribution in [-0.2, 0) is 9.53 Å². The summed E-state index contributed by atoms with van der Waals surface area (Å²) in [5.74, 6) is 0.174. The number of rotatable bonds is 2. The van der Waals surface area contributed by atoms with E-state index in [-0.39, 0.29) is 17.8 Å². The number of hydrogen-bond donors (Lipinski definition) is 0. The molecule has 1 saturated heterocycles. The molecule has 1 aromatic carbocycles. The zero-order valence-corrected chi connectivity index (χ0v) is 10.4. The number of hydrogen-bond acceptors (Lipinski definition) is 3. The molecule has 0 spiro atoms. The van der Waals surface area contributed by atoms with Crippen molar-refractivity contribution in [3.8, 4) is 0 Å². The molecule has 3 heteroatoms. The van der Waals surface area contributed by atoms with E-state index >= 15 is 0 Å². The Hall–Kier alpha value is -1.35. The summed E-state index contributed by atoms with van der Waals surface area (Å²) in [6, 6.07) is 10.2. The third-order valence-corrected chi connectivity index (χ3v) is 3.55. The summed E-state index contributed by atoms with van der Waals surface area (Å²) in [7, 11) is 3.58. The van der Waals surface area contributed by atoms with Crippen molar-refractivity contribution in [2.45, 2.75) is 12.3 Å². The van der Waals surface area contributed by atoms with Crippen LogP contribution in [0, 0.1) is 5.92 Å². The second kappa shape index (κ2) is 5.32. The van der Waals surface area contributed by atoms with Crippen LogP contribution in [-0.4, -0.2) is 38.1 Å². The van der Waals surface area contributed by atoms with Crippen molar-refractivity contribution < 1.29 is 9.53 Å². The Morgan fingerprint density at radius 3 is 2.71 bits per heavy atom. The maximum absolute atomic E-state index is 11.8. The zero-order chi connectivity index (χ0) is 12.3. The molecule has 1 aliphatic rings. The second-order valence-electron chi connectivity index (χ2n) is 4.70. The molecule has 0 bridgehead atoms. The Morgan fingerprint density at radius 1 is 1.35 bits per heavy atom. The van der Waals surface area contributed by atoms with Gasteiger partial charge < -0.3 is 9.64 Å². The quantitative estimate of drug-likeness (QED) is 0.731. The first kappa shape index (κ1) is 12.1. The van der Waals surface area contributed by atoms with Gasteiger partial charge in [-0.2, -0.15) is 0 Å². The van der Waals surface area contributed by atoms with Crippen molar-refractivity contribution in [2.24, 2.45) is 5.92 Å². The Balaban J connectivity index is 2.23. The van der Waals surface area contributed by atoms with E-state index in [1.807, 2.05) is 18.2 Å². The van der Waals surface area contributed by atoms with E-state index in [2.05, 4.69) is 24.1 Å². The first-order valence-electron chi connectivity index (χ1n) is 6.03. The van der Waals surface area contributed by atoms with Crippen LogP contribution in [0.1, 0.15) is 17.9 Å². The SMILES string of the molecule is COC(=O)[C@H]1CCN(C)C[C@H]1c1ccccc1. The number of carbonyl (C=O) groups is 1. The highest BCUT2D eigenvalue weighted by Crippen LogP contribution is 2.32. The number of benzene rings is 1. The molecule has 0 aliphatic carbocycles. The lowest BCUT2D eigenvalue weighted by atomic mass is 9.81. The van der Waals surface area contributed by atoms with Gasteiger partial charge in [0.2, 0.25) is 0 Å². The van der Waals surface area contributed by atoms with Gasteiger partial charge in [0.05, 0.1) is 13.0 Å². The molecule has 0 N–H and O–H groups in total. The number of ether oxygens (including phenoxy) is 1. The molecule has 3 nitrogen and oxygen atoms in total. The van der Waals surface area contributed by atoms with Gasteiger partial charge in [0.1, 0.15) is 0 Å². The standard InChI is InChI=1S/C14H19NO2/c1-15-9-8-12(14(16)17-2)13(10-15)11-6-4-3-5-7-11/h3-7,12-13H,8-10H2,1-2H3/t12-,13-/m0/s1. The van der Waals surface area contributed by atoms with E-state index in [9.17, 15) is 4.79 Å². The van der Waals surface area contributed by atoms with Crippen molar-refractivity contribution in [3.05, 3.63) is 35.9 Å². The first-order valence-corrected chi connectivity index (χ1v) is 6.03. The molecule has 0 unspecified atom stereocenters. The molecule has 1 heterocycles. The van der Waals surface area contributed by atoms with Crippen LogP contribution in [0.25, 0.3) is 0 Å². The Kier molecular flexibility index (Phi) is 3.79. The Labute approximate surface area is 102 Å². The molecule has 0 amide bonds. The number of likely N-dealkylation sites (N-methyl/N-ethyl adjacent to an activating group) is 1. The topological polar surface area (TPSA) is 29.5 Å². The van der Waals surface area contributed by atoms with Crippen LogP contribution >= 0.6 is 0 Å². The maximum atomic E-state index is 11.8. The molecule has 2 atom stereocenters. The van der Waals surface area contributed by atoms with Gasteiger partial charge in [0, 0.05) is 12.5 Å². The van der Waals surface area contributed by atoms with E-state index in [1.54, 1.807) is 0 Å². The minimum Gasteiger partial charge on any atom is -0.469 e. The summed E-state index contributed by atoms with van der Waals surface area (Å²) >= 11 is 0. The average molecular weight is 233 g/mol. The summed E-state index contributed by atoms with van der Waals surface area (Å²) in [6.45, 7) is 1.88. The Morgan fingerprint density at radius 2 is 2.06 bits per heavy atom.